The van der Waals surface area contributed by atoms with E-state index in [2.05, 4.69) is 9.47 Å². The summed E-state index contributed by atoms with van der Waals surface area (Å²) in [4.78, 5) is 7.34. The molecule has 3 heterocycles. The van der Waals surface area contributed by atoms with Gasteiger partial charge in [0.1, 0.15) is 5.82 Å². The number of fused-ring (bicyclic) bond motifs is 2. The monoisotopic (exact) mass is 427 g/mol. The van der Waals surface area contributed by atoms with E-state index in [-0.39, 0.29) is 0 Å². The van der Waals surface area contributed by atoms with Crippen molar-refractivity contribution < 1.29 is 13.2 Å². The summed E-state index contributed by atoms with van der Waals surface area (Å²) < 4.78 is 42.1. The summed E-state index contributed by atoms with van der Waals surface area (Å²) in [5, 5.41) is 0. The minimum absolute atomic E-state index is 0.442. The van der Waals surface area contributed by atoms with E-state index in [1.54, 1.807) is 6.07 Å². The summed E-state index contributed by atoms with van der Waals surface area (Å²) in [6, 6.07) is 14.6. The van der Waals surface area contributed by atoms with Crippen molar-refractivity contribution in [3.05, 3.63) is 65.5 Å². The number of alkyl halides is 3. The van der Waals surface area contributed by atoms with Crippen LogP contribution in [-0.4, -0.2) is 33.6 Å². The molecule has 0 bridgehead atoms. The average Bonchev–Trinajstić information content (AvgIpc) is 3.10. The molecule has 2 saturated heterocycles. The number of aromatic nitrogens is 2. The zero-order valence-electron chi connectivity index (χ0n) is 17.6. The van der Waals surface area contributed by atoms with Crippen LogP contribution < -0.4 is 0 Å². The van der Waals surface area contributed by atoms with Crippen LogP contribution >= 0.6 is 0 Å². The van der Waals surface area contributed by atoms with Gasteiger partial charge in [-0.1, -0.05) is 36.8 Å². The zero-order chi connectivity index (χ0) is 21.4. The molecule has 0 saturated carbocycles. The first-order valence-corrected chi connectivity index (χ1v) is 11.3. The van der Waals surface area contributed by atoms with Crippen LogP contribution in [0.5, 0.6) is 0 Å². The molecule has 164 valence electrons. The third kappa shape index (κ3) is 4.22. The maximum Gasteiger partial charge on any atom is 0.416 e. The van der Waals surface area contributed by atoms with Crippen molar-refractivity contribution in [3.8, 4) is 0 Å². The SMILES string of the molecule is FC(F)(F)c1ccc2c(c1)nc(Cc1ccccc1)n2C[C@@H]1CCCN2CCCC[C@H]12. The van der Waals surface area contributed by atoms with Gasteiger partial charge in [-0.05, 0) is 68.5 Å². The molecule has 0 aliphatic carbocycles. The highest BCUT2D eigenvalue weighted by atomic mass is 19.4. The first-order chi connectivity index (χ1) is 15.0. The first-order valence-electron chi connectivity index (χ1n) is 11.3. The van der Waals surface area contributed by atoms with Gasteiger partial charge in [0, 0.05) is 19.0 Å². The zero-order valence-corrected chi connectivity index (χ0v) is 17.6. The van der Waals surface area contributed by atoms with E-state index >= 15 is 0 Å². The van der Waals surface area contributed by atoms with Crippen molar-refractivity contribution in [1.82, 2.24) is 14.5 Å². The van der Waals surface area contributed by atoms with Crippen molar-refractivity contribution >= 4 is 11.0 Å². The summed E-state index contributed by atoms with van der Waals surface area (Å²) in [6.07, 6.45) is 2.40. The summed E-state index contributed by atoms with van der Waals surface area (Å²) in [6.45, 7) is 3.18. The molecule has 3 nitrogen and oxygen atoms in total. The number of hydrogen-bond acceptors (Lipinski definition) is 2. The predicted molar refractivity (Wildman–Crippen MR) is 116 cm³/mol. The standard InChI is InChI=1S/C25H28F3N3/c26-25(27,28)20-11-12-23-21(16-20)29-24(15-18-7-2-1-3-8-18)31(23)17-19-9-6-14-30-13-5-4-10-22(19)30/h1-3,7-8,11-12,16,19,22H,4-6,9-10,13-15,17H2/t19-,22+/m0/s1. The first kappa shape index (κ1) is 20.6. The number of benzene rings is 2. The topological polar surface area (TPSA) is 21.1 Å². The minimum Gasteiger partial charge on any atom is -0.327 e. The third-order valence-corrected chi connectivity index (χ3v) is 7.01. The Morgan fingerprint density at radius 2 is 1.74 bits per heavy atom. The highest BCUT2D eigenvalue weighted by Crippen LogP contribution is 2.35. The summed E-state index contributed by atoms with van der Waals surface area (Å²) in [5.74, 6) is 1.37. The lowest BCUT2D eigenvalue weighted by Crippen LogP contribution is -2.49. The molecule has 5 rings (SSSR count). The quantitative estimate of drug-likeness (QED) is 0.516. The van der Waals surface area contributed by atoms with E-state index in [9.17, 15) is 13.2 Å². The van der Waals surface area contributed by atoms with Crippen LogP contribution in [0.4, 0.5) is 13.2 Å². The van der Waals surface area contributed by atoms with Crippen LogP contribution in [0.25, 0.3) is 11.0 Å². The Morgan fingerprint density at radius 1 is 0.935 bits per heavy atom. The summed E-state index contributed by atoms with van der Waals surface area (Å²) >= 11 is 0. The van der Waals surface area contributed by atoms with Gasteiger partial charge >= 0.3 is 6.18 Å². The molecule has 0 N–H and O–H groups in total. The molecule has 0 unspecified atom stereocenters. The smallest absolute Gasteiger partial charge is 0.327 e. The van der Waals surface area contributed by atoms with Gasteiger partial charge in [-0.15, -0.1) is 0 Å². The Balaban J connectivity index is 1.53. The van der Waals surface area contributed by atoms with Crippen molar-refractivity contribution in [2.24, 2.45) is 5.92 Å². The van der Waals surface area contributed by atoms with E-state index < -0.39 is 11.7 Å². The number of rotatable bonds is 4. The summed E-state index contributed by atoms with van der Waals surface area (Å²) in [5.41, 5.74) is 1.74. The van der Waals surface area contributed by atoms with E-state index in [0.29, 0.717) is 23.9 Å². The Bertz CT molecular complexity index is 1040. The van der Waals surface area contributed by atoms with Gasteiger partial charge in [-0.3, -0.25) is 0 Å². The number of imidazole rings is 1. The van der Waals surface area contributed by atoms with Crippen LogP contribution in [0.3, 0.4) is 0 Å². The van der Waals surface area contributed by atoms with Crippen molar-refractivity contribution in [2.75, 3.05) is 13.1 Å². The maximum absolute atomic E-state index is 13.3. The van der Waals surface area contributed by atoms with Gasteiger partial charge in [-0.25, -0.2) is 4.98 Å². The largest absolute Gasteiger partial charge is 0.416 e. The molecule has 31 heavy (non-hydrogen) atoms. The van der Waals surface area contributed by atoms with Crippen LogP contribution in [0, 0.1) is 5.92 Å². The number of nitrogens with zero attached hydrogens (tertiary/aromatic N) is 3. The molecule has 2 atom stereocenters. The molecule has 0 spiro atoms. The molecular weight excluding hydrogens is 399 g/mol. The molecule has 6 heteroatoms. The molecule has 2 aromatic carbocycles. The van der Waals surface area contributed by atoms with Gasteiger partial charge < -0.3 is 9.47 Å². The molecule has 2 fully saturated rings. The molecule has 3 aromatic rings. The highest BCUT2D eigenvalue weighted by molar-refractivity contribution is 5.77. The second kappa shape index (κ2) is 8.30. The van der Waals surface area contributed by atoms with E-state index in [1.807, 2.05) is 30.3 Å². The van der Waals surface area contributed by atoms with Crippen molar-refractivity contribution in [2.45, 2.75) is 57.3 Å². The Morgan fingerprint density at radius 3 is 2.55 bits per heavy atom. The Kier molecular flexibility index (Phi) is 5.51. The van der Waals surface area contributed by atoms with E-state index in [1.165, 1.54) is 57.3 Å². The third-order valence-electron chi connectivity index (χ3n) is 7.01. The van der Waals surface area contributed by atoms with Crippen LogP contribution in [0.2, 0.25) is 0 Å². The Hall–Kier alpha value is -2.34. The molecule has 2 aliphatic rings. The van der Waals surface area contributed by atoms with Gasteiger partial charge in [0.25, 0.3) is 0 Å². The fraction of sp³-hybridized carbons (Fsp3) is 0.480. The van der Waals surface area contributed by atoms with Gasteiger partial charge in [0.2, 0.25) is 0 Å². The van der Waals surface area contributed by atoms with Crippen molar-refractivity contribution in [1.29, 1.82) is 0 Å². The predicted octanol–water partition coefficient (Wildman–Crippen LogP) is 5.91. The Labute approximate surface area is 180 Å². The fourth-order valence-electron chi connectivity index (χ4n) is 5.50. The van der Waals surface area contributed by atoms with Crippen LogP contribution in [-0.2, 0) is 19.1 Å². The minimum atomic E-state index is -4.36. The lowest BCUT2D eigenvalue weighted by Gasteiger charge is -2.44. The molecule has 0 amide bonds. The van der Waals surface area contributed by atoms with Crippen molar-refractivity contribution in [3.63, 3.8) is 0 Å². The van der Waals surface area contributed by atoms with Crippen LogP contribution in [0.1, 0.15) is 49.1 Å². The normalized spacial score (nSPS) is 22.5. The second-order valence-electron chi connectivity index (χ2n) is 9.00. The van der Waals surface area contributed by atoms with Gasteiger partial charge in [0.05, 0.1) is 16.6 Å². The lowest BCUT2D eigenvalue weighted by molar-refractivity contribution is -0.137. The number of hydrogen-bond donors (Lipinski definition) is 0. The number of halogens is 3. The average molecular weight is 428 g/mol. The van der Waals surface area contributed by atoms with Gasteiger partial charge in [-0.2, -0.15) is 13.2 Å². The second-order valence-corrected chi connectivity index (χ2v) is 9.00. The molecule has 0 radical (unpaired) electrons. The van der Waals surface area contributed by atoms with E-state index in [0.717, 1.165) is 23.4 Å². The van der Waals surface area contributed by atoms with Gasteiger partial charge in [0.15, 0.2) is 0 Å². The molecule has 1 aromatic heterocycles. The highest BCUT2D eigenvalue weighted by Gasteiger charge is 2.34. The van der Waals surface area contributed by atoms with E-state index in [4.69, 9.17) is 4.98 Å². The summed E-state index contributed by atoms with van der Waals surface area (Å²) in [7, 11) is 0. The maximum atomic E-state index is 13.3. The van der Waals surface area contributed by atoms with Crippen LogP contribution in [0.15, 0.2) is 48.5 Å². The fourth-order valence-corrected chi connectivity index (χ4v) is 5.50. The lowest BCUT2D eigenvalue weighted by atomic mass is 9.83. The molecule has 2 aliphatic heterocycles. The molecular formula is C25H28F3N3. The number of piperidine rings is 2.